The van der Waals surface area contributed by atoms with Gasteiger partial charge in [-0.05, 0) is 25.1 Å². The molecule has 0 aliphatic heterocycles. The van der Waals surface area contributed by atoms with Crippen LogP contribution in [0.15, 0.2) is 42.5 Å². The van der Waals surface area contributed by atoms with Crippen LogP contribution < -0.4 is 4.74 Å². The fourth-order valence-electron chi connectivity index (χ4n) is 2.41. The molecule has 27 heavy (non-hydrogen) atoms. The molecule has 0 aliphatic carbocycles. The average molecular weight is 398 g/mol. The van der Waals surface area contributed by atoms with Gasteiger partial charge in [0.1, 0.15) is 5.75 Å². The molecule has 1 amide bonds. The summed E-state index contributed by atoms with van der Waals surface area (Å²) < 4.78 is 32.9. The van der Waals surface area contributed by atoms with E-state index in [0.29, 0.717) is 5.02 Å². The van der Waals surface area contributed by atoms with Crippen molar-refractivity contribution >= 4 is 23.5 Å². The minimum absolute atomic E-state index is 0.0568. The first-order chi connectivity index (χ1) is 12.8. The summed E-state index contributed by atoms with van der Waals surface area (Å²) >= 11 is 6.00. The van der Waals surface area contributed by atoms with Gasteiger partial charge in [-0.2, -0.15) is 0 Å². The Labute approximate surface area is 160 Å². The number of para-hydroxylation sites is 1. The second-order valence-electron chi connectivity index (χ2n) is 5.81. The summed E-state index contributed by atoms with van der Waals surface area (Å²) in [5.41, 5.74) is -0.0568. The quantitative estimate of drug-likeness (QED) is 0.733. The first-order valence-electron chi connectivity index (χ1n) is 8.14. The molecule has 144 valence electrons. The Morgan fingerprint density at radius 1 is 1.19 bits per heavy atom. The zero-order valence-electron chi connectivity index (χ0n) is 14.5. The van der Waals surface area contributed by atoms with Crippen molar-refractivity contribution in [2.24, 2.45) is 0 Å². The van der Waals surface area contributed by atoms with Gasteiger partial charge in [0.15, 0.2) is 17.7 Å². The van der Waals surface area contributed by atoms with Gasteiger partial charge in [-0.3, -0.25) is 9.59 Å². The number of benzene rings is 2. The summed E-state index contributed by atoms with van der Waals surface area (Å²) in [6, 6.07) is 10.2. The fraction of sp³-hybridized carbons (Fsp3) is 0.263. The number of carbonyl (C=O) groups excluding carboxylic acids is 1. The van der Waals surface area contributed by atoms with E-state index in [1.807, 2.05) is 0 Å². The molecule has 0 saturated carbocycles. The summed E-state index contributed by atoms with van der Waals surface area (Å²) in [5, 5.41) is 9.21. The van der Waals surface area contributed by atoms with Gasteiger partial charge in [0.05, 0.1) is 11.4 Å². The zero-order chi connectivity index (χ0) is 20.0. The SMILES string of the molecule is CC(Oc1ccccc1Cl)C(=O)N(CCC(=O)O)Cc1cccc(F)c1F. The molecular formula is C19H18ClF2NO4. The van der Waals surface area contributed by atoms with E-state index in [9.17, 15) is 18.4 Å². The van der Waals surface area contributed by atoms with Gasteiger partial charge >= 0.3 is 5.97 Å². The molecule has 0 aliphatic rings. The standard InChI is InChI=1S/C19H18ClF2NO4/c1-12(27-16-8-3-2-6-14(16)20)19(26)23(10-9-17(24)25)11-13-5-4-7-15(21)18(13)22/h2-8,12H,9-11H2,1H3,(H,24,25). The normalized spacial score (nSPS) is 11.7. The van der Waals surface area contributed by atoms with E-state index in [2.05, 4.69) is 0 Å². The number of carbonyl (C=O) groups is 2. The number of rotatable bonds is 8. The Morgan fingerprint density at radius 2 is 1.89 bits per heavy atom. The molecule has 1 atom stereocenters. The van der Waals surface area contributed by atoms with Crippen LogP contribution in [0, 0.1) is 11.6 Å². The van der Waals surface area contributed by atoms with Crippen LogP contribution in [0.4, 0.5) is 8.78 Å². The van der Waals surface area contributed by atoms with Crippen molar-refractivity contribution < 1.29 is 28.2 Å². The number of carboxylic acid groups (broad SMARTS) is 1. The van der Waals surface area contributed by atoms with Crippen molar-refractivity contribution in [3.8, 4) is 5.75 Å². The van der Waals surface area contributed by atoms with Gasteiger partial charge in [0.2, 0.25) is 0 Å². The van der Waals surface area contributed by atoms with Gasteiger partial charge < -0.3 is 14.7 Å². The molecule has 1 N–H and O–H groups in total. The summed E-state index contributed by atoms with van der Waals surface area (Å²) in [4.78, 5) is 24.7. The predicted octanol–water partition coefficient (Wildman–Crippen LogP) is 3.89. The first-order valence-corrected chi connectivity index (χ1v) is 8.52. The maximum atomic E-state index is 13.9. The molecule has 2 aromatic carbocycles. The molecule has 0 bridgehead atoms. The third kappa shape index (κ3) is 5.65. The molecule has 2 aromatic rings. The van der Waals surface area contributed by atoms with Crippen molar-refractivity contribution in [3.63, 3.8) is 0 Å². The van der Waals surface area contributed by atoms with Crippen LogP contribution in [0.1, 0.15) is 18.9 Å². The molecule has 2 rings (SSSR count). The summed E-state index contributed by atoms with van der Waals surface area (Å²) in [6.45, 7) is 1.01. The van der Waals surface area contributed by atoms with E-state index >= 15 is 0 Å². The van der Waals surface area contributed by atoms with Gasteiger partial charge in [-0.1, -0.05) is 35.9 Å². The van der Waals surface area contributed by atoms with E-state index in [1.54, 1.807) is 24.3 Å². The number of amides is 1. The van der Waals surface area contributed by atoms with Crippen molar-refractivity contribution in [1.82, 2.24) is 4.90 Å². The maximum absolute atomic E-state index is 13.9. The van der Waals surface area contributed by atoms with Crippen molar-refractivity contribution in [2.45, 2.75) is 26.0 Å². The monoisotopic (exact) mass is 397 g/mol. The minimum Gasteiger partial charge on any atom is -0.481 e. The summed E-state index contributed by atoms with van der Waals surface area (Å²) in [7, 11) is 0. The summed E-state index contributed by atoms with van der Waals surface area (Å²) in [6.07, 6.45) is -1.35. The van der Waals surface area contributed by atoms with Crippen LogP contribution in [0.25, 0.3) is 0 Å². The van der Waals surface area contributed by atoms with Crippen molar-refractivity contribution in [3.05, 3.63) is 64.7 Å². The highest BCUT2D eigenvalue weighted by molar-refractivity contribution is 6.32. The predicted molar refractivity (Wildman–Crippen MR) is 95.6 cm³/mol. The van der Waals surface area contributed by atoms with Crippen LogP contribution in [0.3, 0.4) is 0 Å². The molecular weight excluding hydrogens is 380 g/mol. The van der Waals surface area contributed by atoms with Gasteiger partial charge in [0.25, 0.3) is 5.91 Å². The number of nitrogens with zero attached hydrogens (tertiary/aromatic N) is 1. The lowest BCUT2D eigenvalue weighted by molar-refractivity contribution is -0.141. The molecule has 5 nitrogen and oxygen atoms in total. The van der Waals surface area contributed by atoms with E-state index < -0.39 is 29.6 Å². The Morgan fingerprint density at radius 3 is 2.56 bits per heavy atom. The zero-order valence-corrected chi connectivity index (χ0v) is 15.2. The van der Waals surface area contributed by atoms with Crippen LogP contribution in [0.5, 0.6) is 5.75 Å². The van der Waals surface area contributed by atoms with E-state index in [4.69, 9.17) is 21.4 Å². The highest BCUT2D eigenvalue weighted by atomic mass is 35.5. The molecule has 1 unspecified atom stereocenters. The van der Waals surface area contributed by atoms with Crippen LogP contribution in [-0.4, -0.2) is 34.5 Å². The van der Waals surface area contributed by atoms with Crippen molar-refractivity contribution in [1.29, 1.82) is 0 Å². The van der Waals surface area contributed by atoms with Gasteiger partial charge in [0, 0.05) is 18.7 Å². The number of aliphatic carboxylic acids is 1. The molecule has 0 spiro atoms. The third-order valence-corrected chi connectivity index (χ3v) is 4.10. The molecule has 8 heteroatoms. The largest absolute Gasteiger partial charge is 0.481 e. The molecule has 0 aromatic heterocycles. The number of ether oxygens (including phenoxy) is 1. The highest BCUT2D eigenvalue weighted by Gasteiger charge is 2.25. The first kappa shape index (κ1) is 20.6. The lowest BCUT2D eigenvalue weighted by Crippen LogP contribution is -2.41. The van der Waals surface area contributed by atoms with Crippen LogP contribution >= 0.6 is 11.6 Å². The molecule has 0 radical (unpaired) electrons. The molecule has 0 saturated heterocycles. The molecule has 0 fully saturated rings. The van der Waals surface area contributed by atoms with E-state index in [-0.39, 0.29) is 30.8 Å². The maximum Gasteiger partial charge on any atom is 0.305 e. The van der Waals surface area contributed by atoms with Crippen molar-refractivity contribution in [2.75, 3.05) is 6.54 Å². The fourth-order valence-corrected chi connectivity index (χ4v) is 2.59. The van der Waals surface area contributed by atoms with Gasteiger partial charge in [-0.15, -0.1) is 0 Å². The number of hydrogen-bond donors (Lipinski definition) is 1. The Hall–Kier alpha value is -2.67. The third-order valence-electron chi connectivity index (χ3n) is 3.79. The average Bonchev–Trinajstić information content (AvgIpc) is 2.63. The summed E-state index contributed by atoms with van der Waals surface area (Å²) in [5.74, 6) is -3.52. The number of carboxylic acids is 1. The van der Waals surface area contributed by atoms with Crippen LogP contribution in [0.2, 0.25) is 5.02 Å². The smallest absolute Gasteiger partial charge is 0.305 e. The number of halogens is 3. The Kier molecular flexibility index (Phi) is 7.12. The second kappa shape index (κ2) is 9.32. The lowest BCUT2D eigenvalue weighted by Gasteiger charge is -2.26. The van der Waals surface area contributed by atoms with E-state index in [0.717, 1.165) is 11.0 Å². The molecule has 0 heterocycles. The number of hydrogen-bond acceptors (Lipinski definition) is 3. The van der Waals surface area contributed by atoms with Crippen LogP contribution in [-0.2, 0) is 16.1 Å². The highest BCUT2D eigenvalue weighted by Crippen LogP contribution is 2.25. The Balaban J connectivity index is 2.18. The minimum atomic E-state index is -1.12. The lowest BCUT2D eigenvalue weighted by atomic mass is 10.1. The second-order valence-corrected chi connectivity index (χ2v) is 6.21. The van der Waals surface area contributed by atoms with Gasteiger partial charge in [-0.25, -0.2) is 8.78 Å². The Bertz CT molecular complexity index is 831. The topological polar surface area (TPSA) is 66.8 Å². The van der Waals surface area contributed by atoms with E-state index in [1.165, 1.54) is 19.1 Å².